The summed E-state index contributed by atoms with van der Waals surface area (Å²) < 4.78 is 13.5. The van der Waals surface area contributed by atoms with E-state index in [0.29, 0.717) is 11.8 Å². The van der Waals surface area contributed by atoms with Gasteiger partial charge in [0.2, 0.25) is 0 Å². The molecule has 0 radical (unpaired) electrons. The standard InChI is InChI=1S/C81H64N2O2/c1-5-21-53(22-6-1)55-37-41-59(42-38-55)82(61-45-47-67-65-31-17-19-35-75(65)84-77(67)49-61)73-51-71-79(69-33-15-13-29-63(69)73)80-70-34-16-14-30-64(70)74(52-72(80)81(71,57-25-9-3-10-26-57)58-27-11-4-12-28-58)83(60-43-39-56(40-44-60)54-23-7-2-8-24-54)62-46-48-68-66-32-18-20-36-76(66)85-78(68)50-62/h3-4,9-20,25-54H,1-2,5-8,21-24H2. The monoisotopic (exact) mass is 1100 g/mol. The number of fused-ring (bicyclic) bond motifs is 13. The van der Waals surface area contributed by atoms with Gasteiger partial charge in [-0.15, -0.1) is 0 Å². The average Bonchev–Trinajstić information content (AvgIpc) is 1.67. The average molecular weight is 1100 g/mol. The van der Waals surface area contributed by atoms with Crippen molar-refractivity contribution < 1.29 is 8.83 Å². The Balaban J connectivity index is 0.955. The van der Waals surface area contributed by atoms with Crippen LogP contribution in [-0.4, -0.2) is 0 Å². The second kappa shape index (κ2) is 20.3. The largest absolute Gasteiger partial charge is 0.456 e. The van der Waals surface area contributed by atoms with Crippen LogP contribution >= 0.6 is 0 Å². The summed E-state index contributed by atoms with van der Waals surface area (Å²) in [5.41, 5.74) is 19.6. The van der Waals surface area contributed by atoms with Gasteiger partial charge in [-0.25, -0.2) is 0 Å². The van der Waals surface area contributed by atoms with Crippen molar-refractivity contribution in [2.75, 3.05) is 9.80 Å². The fraction of sp³-hybridized carbons (Fsp3) is 0.160. The molecular formula is C81H64N2O2. The molecule has 0 amide bonds. The maximum atomic E-state index is 6.73. The van der Waals surface area contributed by atoms with Crippen LogP contribution in [0.15, 0.2) is 264 Å². The van der Waals surface area contributed by atoms with E-state index in [0.717, 1.165) is 78.0 Å². The summed E-state index contributed by atoms with van der Waals surface area (Å²) in [4.78, 5) is 5.03. The molecule has 410 valence electrons. The molecule has 0 unspecified atom stereocenters. The Morgan fingerprint density at radius 1 is 0.282 bits per heavy atom. The molecule has 0 bridgehead atoms. The van der Waals surface area contributed by atoms with Gasteiger partial charge in [0.25, 0.3) is 0 Å². The highest BCUT2D eigenvalue weighted by Gasteiger charge is 2.49. The van der Waals surface area contributed by atoms with E-state index >= 15 is 0 Å². The molecule has 3 aliphatic rings. The summed E-state index contributed by atoms with van der Waals surface area (Å²) in [6.45, 7) is 0. The number of rotatable bonds is 10. The predicted molar refractivity (Wildman–Crippen MR) is 354 cm³/mol. The van der Waals surface area contributed by atoms with E-state index in [9.17, 15) is 0 Å². The van der Waals surface area contributed by atoms with Crippen LogP contribution in [0.5, 0.6) is 0 Å². The highest BCUT2D eigenvalue weighted by atomic mass is 16.3. The van der Waals surface area contributed by atoms with Gasteiger partial charge in [-0.1, -0.05) is 208 Å². The van der Waals surface area contributed by atoms with Crippen LogP contribution in [0, 0.1) is 0 Å². The Kier molecular flexibility index (Phi) is 11.9. The molecule has 85 heavy (non-hydrogen) atoms. The number of hydrogen-bond donors (Lipinski definition) is 0. The summed E-state index contributed by atoms with van der Waals surface area (Å²) in [6.07, 6.45) is 12.8. The van der Waals surface area contributed by atoms with Gasteiger partial charge in [0.15, 0.2) is 0 Å². The highest BCUT2D eigenvalue weighted by Crippen LogP contribution is 2.63. The SMILES string of the molecule is c1ccc(C2(c3ccccc3)c3cc(N(c4ccc(C5CCCCC5)cc4)c4ccc5c(c4)oc4ccccc45)c4ccccc4c3-c3c2cc(N(c2ccc(C4CCCCC4)cc2)c2ccc4c(c2)oc2ccccc24)c2ccccc32)cc1. The van der Waals surface area contributed by atoms with Gasteiger partial charge in [-0.3, -0.25) is 0 Å². The van der Waals surface area contributed by atoms with Crippen molar-refractivity contribution in [3.63, 3.8) is 0 Å². The van der Waals surface area contributed by atoms with Gasteiger partial charge in [0.1, 0.15) is 22.3 Å². The zero-order valence-electron chi connectivity index (χ0n) is 47.7. The maximum Gasteiger partial charge on any atom is 0.137 e. The summed E-state index contributed by atoms with van der Waals surface area (Å²) in [5, 5.41) is 9.25. The zero-order chi connectivity index (χ0) is 56.0. The van der Waals surface area contributed by atoms with Crippen LogP contribution in [0.4, 0.5) is 34.1 Å². The molecule has 0 atom stereocenters. The molecule has 17 rings (SSSR count). The Bertz CT molecular complexity index is 4540. The topological polar surface area (TPSA) is 32.8 Å². The molecule has 3 aliphatic carbocycles. The fourth-order valence-corrected chi connectivity index (χ4v) is 15.7. The first-order chi connectivity index (χ1) is 42.2. The lowest BCUT2D eigenvalue weighted by molar-refractivity contribution is 0.443. The van der Waals surface area contributed by atoms with Gasteiger partial charge in [0.05, 0.1) is 16.8 Å². The third-order valence-corrected chi connectivity index (χ3v) is 19.7. The Labute approximate surface area is 496 Å². The summed E-state index contributed by atoms with van der Waals surface area (Å²) in [7, 11) is 0. The second-order valence-corrected chi connectivity index (χ2v) is 24.3. The highest BCUT2D eigenvalue weighted by molar-refractivity contribution is 6.19. The second-order valence-electron chi connectivity index (χ2n) is 24.3. The molecule has 2 saturated carbocycles. The van der Waals surface area contributed by atoms with Crippen LogP contribution in [0.25, 0.3) is 76.5 Å². The predicted octanol–water partition coefficient (Wildman–Crippen LogP) is 23.2. The van der Waals surface area contributed by atoms with E-state index in [1.165, 1.54) is 130 Å². The molecule has 4 heteroatoms. The molecule has 0 saturated heterocycles. The van der Waals surface area contributed by atoms with E-state index in [1.807, 2.05) is 0 Å². The Morgan fingerprint density at radius 2 is 0.624 bits per heavy atom. The minimum absolute atomic E-state index is 0.588. The summed E-state index contributed by atoms with van der Waals surface area (Å²) in [5.74, 6) is 1.18. The quantitative estimate of drug-likeness (QED) is 0.137. The molecule has 0 aliphatic heterocycles. The number of hydrogen-bond acceptors (Lipinski definition) is 4. The number of benzene rings is 12. The first kappa shape index (κ1) is 49.9. The fourth-order valence-electron chi connectivity index (χ4n) is 15.7. The smallest absolute Gasteiger partial charge is 0.137 e. The molecular weight excluding hydrogens is 1030 g/mol. The maximum absolute atomic E-state index is 6.73. The van der Waals surface area contributed by atoms with Crippen molar-refractivity contribution in [3.8, 4) is 11.1 Å². The third kappa shape index (κ3) is 8.02. The number of furan rings is 2. The van der Waals surface area contributed by atoms with Gasteiger partial charge in [-0.05, 0) is 166 Å². The molecule has 12 aromatic carbocycles. The zero-order valence-corrected chi connectivity index (χ0v) is 47.7. The van der Waals surface area contributed by atoms with Crippen molar-refractivity contribution in [3.05, 3.63) is 288 Å². The molecule has 2 heterocycles. The van der Waals surface area contributed by atoms with Crippen molar-refractivity contribution in [1.29, 1.82) is 0 Å². The third-order valence-electron chi connectivity index (χ3n) is 19.7. The van der Waals surface area contributed by atoms with Crippen molar-refractivity contribution in [1.82, 2.24) is 0 Å². The summed E-state index contributed by atoms with van der Waals surface area (Å²) >= 11 is 0. The van der Waals surface area contributed by atoms with Crippen LogP contribution in [0.2, 0.25) is 0 Å². The van der Waals surface area contributed by atoms with Gasteiger partial charge in [0, 0.05) is 67.2 Å². The van der Waals surface area contributed by atoms with Crippen LogP contribution in [0.1, 0.15) is 109 Å². The summed E-state index contributed by atoms with van der Waals surface area (Å²) in [6, 6.07) is 95.9. The lowest BCUT2D eigenvalue weighted by Gasteiger charge is -2.36. The van der Waals surface area contributed by atoms with Crippen LogP contribution in [0.3, 0.4) is 0 Å². The minimum Gasteiger partial charge on any atom is -0.456 e. The van der Waals surface area contributed by atoms with Crippen molar-refractivity contribution in [2.45, 2.75) is 81.5 Å². The van der Waals surface area contributed by atoms with Crippen LogP contribution < -0.4 is 9.80 Å². The molecule has 0 N–H and O–H groups in total. The molecule has 4 nitrogen and oxygen atoms in total. The van der Waals surface area contributed by atoms with Gasteiger partial charge >= 0.3 is 0 Å². The molecule has 0 spiro atoms. The number of anilines is 6. The molecule has 2 aromatic heterocycles. The van der Waals surface area contributed by atoms with Crippen LogP contribution in [-0.2, 0) is 5.41 Å². The Hall–Kier alpha value is -9.64. The van der Waals surface area contributed by atoms with E-state index in [4.69, 9.17) is 8.83 Å². The van der Waals surface area contributed by atoms with Crippen molar-refractivity contribution in [2.24, 2.45) is 0 Å². The lowest BCUT2D eigenvalue weighted by Crippen LogP contribution is -2.29. The van der Waals surface area contributed by atoms with E-state index < -0.39 is 5.41 Å². The molecule has 2 fully saturated rings. The first-order valence-corrected chi connectivity index (χ1v) is 31.0. The normalized spacial score (nSPS) is 15.3. The van der Waals surface area contributed by atoms with E-state index in [2.05, 4.69) is 265 Å². The van der Waals surface area contributed by atoms with Gasteiger partial charge < -0.3 is 18.6 Å². The lowest BCUT2D eigenvalue weighted by atomic mass is 9.67. The molecule has 14 aromatic rings. The minimum atomic E-state index is -0.789. The van der Waals surface area contributed by atoms with E-state index in [1.54, 1.807) is 0 Å². The van der Waals surface area contributed by atoms with E-state index in [-0.39, 0.29) is 0 Å². The first-order valence-electron chi connectivity index (χ1n) is 31.0. The Morgan fingerprint density at radius 3 is 1.04 bits per heavy atom. The van der Waals surface area contributed by atoms with Crippen molar-refractivity contribution >= 4 is 99.5 Å². The number of para-hydroxylation sites is 2. The van der Waals surface area contributed by atoms with Gasteiger partial charge in [-0.2, -0.15) is 0 Å². The number of nitrogens with zero attached hydrogens (tertiary/aromatic N) is 2.